The van der Waals surface area contributed by atoms with Crippen molar-refractivity contribution < 1.29 is 0 Å². The lowest BCUT2D eigenvalue weighted by Crippen LogP contribution is -2.46. The summed E-state index contributed by atoms with van der Waals surface area (Å²) in [6.07, 6.45) is 5.52. The van der Waals surface area contributed by atoms with Crippen LogP contribution in [0.25, 0.3) is 0 Å². The van der Waals surface area contributed by atoms with Crippen LogP contribution >= 0.6 is 11.6 Å². The van der Waals surface area contributed by atoms with Gasteiger partial charge in [-0.3, -0.25) is 4.99 Å². The van der Waals surface area contributed by atoms with Crippen LogP contribution < -0.4 is 15.5 Å². The number of nitrogens with zero attached hydrogens (tertiary/aromatic N) is 4. The van der Waals surface area contributed by atoms with E-state index in [1.807, 2.05) is 19.2 Å². The molecule has 2 saturated heterocycles. The Labute approximate surface area is 149 Å². The van der Waals surface area contributed by atoms with Gasteiger partial charge in [0.1, 0.15) is 5.82 Å². The Morgan fingerprint density at radius 3 is 2.96 bits per heavy atom. The number of aromatic nitrogens is 1. The van der Waals surface area contributed by atoms with Gasteiger partial charge in [0.25, 0.3) is 0 Å². The molecule has 3 rings (SSSR count). The molecule has 1 unspecified atom stereocenters. The van der Waals surface area contributed by atoms with Gasteiger partial charge >= 0.3 is 0 Å². The number of hydrogen-bond acceptors (Lipinski definition) is 4. The van der Waals surface area contributed by atoms with Crippen molar-refractivity contribution in [3.8, 4) is 0 Å². The highest BCUT2D eigenvalue weighted by molar-refractivity contribution is 6.32. The van der Waals surface area contributed by atoms with Crippen molar-refractivity contribution in [1.82, 2.24) is 20.5 Å². The summed E-state index contributed by atoms with van der Waals surface area (Å²) >= 11 is 6.25. The van der Waals surface area contributed by atoms with Crippen LogP contribution in [0, 0.1) is 0 Å². The molecule has 2 N–H and O–H groups in total. The van der Waals surface area contributed by atoms with E-state index in [2.05, 4.69) is 30.4 Å². The van der Waals surface area contributed by atoms with Gasteiger partial charge < -0.3 is 20.4 Å². The van der Waals surface area contributed by atoms with Crippen LogP contribution in [0.3, 0.4) is 0 Å². The smallest absolute Gasteiger partial charge is 0.191 e. The molecule has 0 spiro atoms. The van der Waals surface area contributed by atoms with Crippen molar-refractivity contribution in [1.29, 1.82) is 0 Å². The first-order valence-corrected chi connectivity index (χ1v) is 9.19. The van der Waals surface area contributed by atoms with Crippen LogP contribution in [0.2, 0.25) is 5.02 Å². The molecule has 1 aromatic heterocycles. The summed E-state index contributed by atoms with van der Waals surface area (Å²) in [5.41, 5.74) is 0. The number of hydrogen-bond donors (Lipinski definition) is 2. The maximum atomic E-state index is 6.25. The van der Waals surface area contributed by atoms with Crippen molar-refractivity contribution in [3.63, 3.8) is 0 Å². The fourth-order valence-electron chi connectivity index (χ4n) is 3.41. The van der Waals surface area contributed by atoms with Gasteiger partial charge in [0.2, 0.25) is 0 Å². The minimum Gasteiger partial charge on any atom is -0.355 e. The van der Waals surface area contributed by atoms with Crippen LogP contribution in [0.4, 0.5) is 5.82 Å². The number of pyridine rings is 1. The van der Waals surface area contributed by atoms with Crippen LogP contribution in [-0.2, 0) is 0 Å². The molecule has 24 heavy (non-hydrogen) atoms. The first kappa shape index (κ1) is 17.3. The van der Waals surface area contributed by atoms with Gasteiger partial charge in [0.05, 0.1) is 5.02 Å². The molecular weight excluding hydrogens is 324 g/mol. The zero-order valence-electron chi connectivity index (χ0n) is 14.3. The molecule has 2 aliphatic heterocycles. The van der Waals surface area contributed by atoms with E-state index in [0.29, 0.717) is 11.1 Å². The van der Waals surface area contributed by atoms with Crippen LogP contribution in [0.1, 0.15) is 19.3 Å². The molecule has 0 bridgehead atoms. The molecule has 0 aromatic carbocycles. The number of halogens is 1. The minimum absolute atomic E-state index is 0.362. The monoisotopic (exact) mass is 350 g/mol. The number of anilines is 1. The predicted molar refractivity (Wildman–Crippen MR) is 100 cm³/mol. The Kier molecular flexibility index (Phi) is 6.15. The summed E-state index contributed by atoms with van der Waals surface area (Å²) in [6, 6.07) is 4.12. The molecule has 0 amide bonds. The first-order valence-electron chi connectivity index (χ1n) is 8.81. The molecule has 2 aliphatic rings. The minimum atomic E-state index is 0.362. The van der Waals surface area contributed by atoms with Crippen molar-refractivity contribution >= 4 is 23.4 Å². The molecule has 6 nitrogen and oxygen atoms in total. The third-order valence-electron chi connectivity index (χ3n) is 4.71. The topological polar surface area (TPSA) is 55.8 Å². The van der Waals surface area contributed by atoms with Crippen molar-refractivity contribution in [3.05, 3.63) is 23.4 Å². The van der Waals surface area contributed by atoms with E-state index in [1.54, 1.807) is 6.20 Å². The third kappa shape index (κ3) is 4.51. The third-order valence-corrected chi connectivity index (χ3v) is 5.01. The molecule has 2 fully saturated rings. The second-order valence-corrected chi connectivity index (χ2v) is 6.84. The van der Waals surface area contributed by atoms with E-state index in [0.717, 1.165) is 44.4 Å². The van der Waals surface area contributed by atoms with Gasteiger partial charge in [-0.15, -0.1) is 0 Å². The molecule has 7 heteroatoms. The van der Waals surface area contributed by atoms with E-state index >= 15 is 0 Å². The summed E-state index contributed by atoms with van der Waals surface area (Å²) in [5.74, 6) is 1.76. The fourth-order valence-corrected chi connectivity index (χ4v) is 3.65. The van der Waals surface area contributed by atoms with E-state index in [-0.39, 0.29) is 0 Å². The number of likely N-dealkylation sites (tertiary alicyclic amines) is 1. The molecule has 1 aromatic rings. The lowest BCUT2D eigenvalue weighted by Gasteiger charge is -2.21. The van der Waals surface area contributed by atoms with Gasteiger partial charge in [0.15, 0.2) is 5.96 Å². The highest BCUT2D eigenvalue weighted by atomic mass is 35.5. The largest absolute Gasteiger partial charge is 0.355 e. The van der Waals surface area contributed by atoms with Crippen LogP contribution in [0.5, 0.6) is 0 Å². The average Bonchev–Trinajstić information content (AvgIpc) is 3.26. The quantitative estimate of drug-likeness (QED) is 0.623. The standard InChI is InChI=1S/C17H27ClN6/c1-19-17(21-8-12-23-9-2-3-10-23)22-14-6-11-24(13-14)16-15(18)5-4-7-20-16/h4-5,7,14H,2-3,6,8-13H2,1H3,(H2,19,21,22). The summed E-state index contributed by atoms with van der Waals surface area (Å²) in [4.78, 5) is 13.5. The highest BCUT2D eigenvalue weighted by Crippen LogP contribution is 2.25. The normalized spacial score (nSPS) is 22.2. The number of nitrogens with one attached hydrogen (secondary N) is 2. The van der Waals surface area contributed by atoms with E-state index in [4.69, 9.17) is 11.6 Å². The average molecular weight is 351 g/mol. The molecule has 1 atom stereocenters. The van der Waals surface area contributed by atoms with Gasteiger partial charge in [-0.25, -0.2) is 4.98 Å². The zero-order valence-corrected chi connectivity index (χ0v) is 15.1. The zero-order chi connectivity index (χ0) is 16.8. The second kappa shape index (κ2) is 8.53. The van der Waals surface area contributed by atoms with E-state index < -0.39 is 0 Å². The Bertz CT molecular complexity index is 558. The second-order valence-electron chi connectivity index (χ2n) is 6.43. The Morgan fingerprint density at radius 1 is 1.38 bits per heavy atom. The highest BCUT2D eigenvalue weighted by Gasteiger charge is 2.25. The van der Waals surface area contributed by atoms with E-state index in [1.165, 1.54) is 25.9 Å². The lowest BCUT2D eigenvalue weighted by atomic mass is 10.3. The Hall–Kier alpha value is -1.53. The number of aliphatic imine (C=N–C) groups is 1. The van der Waals surface area contributed by atoms with Crippen molar-refractivity contribution in [2.45, 2.75) is 25.3 Å². The number of guanidine groups is 1. The summed E-state index contributed by atoms with van der Waals surface area (Å²) in [5, 5.41) is 7.66. The van der Waals surface area contributed by atoms with Gasteiger partial charge in [-0.05, 0) is 44.5 Å². The van der Waals surface area contributed by atoms with Gasteiger partial charge in [0, 0.05) is 45.5 Å². The van der Waals surface area contributed by atoms with Crippen LogP contribution in [-0.4, -0.2) is 68.2 Å². The van der Waals surface area contributed by atoms with Gasteiger partial charge in [-0.1, -0.05) is 11.6 Å². The predicted octanol–water partition coefficient (Wildman–Crippen LogP) is 1.57. The summed E-state index contributed by atoms with van der Waals surface area (Å²) < 4.78 is 0. The maximum absolute atomic E-state index is 6.25. The van der Waals surface area contributed by atoms with Crippen molar-refractivity contribution in [2.24, 2.45) is 4.99 Å². The van der Waals surface area contributed by atoms with Crippen LogP contribution in [0.15, 0.2) is 23.3 Å². The van der Waals surface area contributed by atoms with Gasteiger partial charge in [-0.2, -0.15) is 0 Å². The number of rotatable bonds is 5. The SMILES string of the molecule is CN=C(NCCN1CCCC1)NC1CCN(c2ncccc2Cl)C1. The maximum Gasteiger partial charge on any atom is 0.191 e. The summed E-state index contributed by atoms with van der Waals surface area (Å²) in [7, 11) is 1.83. The first-order chi connectivity index (χ1) is 11.8. The Balaban J connectivity index is 1.44. The molecule has 132 valence electrons. The molecule has 0 radical (unpaired) electrons. The summed E-state index contributed by atoms with van der Waals surface area (Å²) in [6.45, 7) is 6.33. The fraction of sp³-hybridized carbons (Fsp3) is 0.647. The van der Waals surface area contributed by atoms with E-state index in [9.17, 15) is 0 Å². The Morgan fingerprint density at radius 2 is 2.21 bits per heavy atom. The molecular formula is C17H27ClN6. The van der Waals surface area contributed by atoms with Crippen molar-refractivity contribution in [2.75, 3.05) is 51.2 Å². The molecule has 0 saturated carbocycles. The molecule has 3 heterocycles. The lowest BCUT2D eigenvalue weighted by molar-refractivity contribution is 0.343. The molecule has 0 aliphatic carbocycles.